The predicted octanol–water partition coefficient (Wildman–Crippen LogP) is 2.30. The standard InChI is InChI=1S/C16H25N3O4/c1-6-22-13(20)9-12-10-18-7-8-19(11(2)14(18)17-12)15(21)23-16(3,4)5/h10-11H,6-9H2,1-5H3. The van der Waals surface area contributed by atoms with Crippen LogP contribution in [0.1, 0.15) is 52.2 Å². The van der Waals surface area contributed by atoms with Crippen LogP contribution >= 0.6 is 0 Å². The molecule has 0 aromatic carbocycles. The Kier molecular flexibility index (Phi) is 4.97. The number of fused-ring (bicyclic) bond motifs is 1. The molecule has 1 aromatic rings. The first-order valence-electron chi connectivity index (χ1n) is 7.92. The van der Waals surface area contributed by atoms with E-state index in [9.17, 15) is 9.59 Å². The topological polar surface area (TPSA) is 73.7 Å². The van der Waals surface area contributed by atoms with E-state index in [2.05, 4.69) is 4.98 Å². The molecule has 0 fully saturated rings. The van der Waals surface area contributed by atoms with Gasteiger partial charge in [-0.05, 0) is 34.6 Å². The van der Waals surface area contributed by atoms with Gasteiger partial charge >= 0.3 is 12.1 Å². The molecule has 0 aliphatic carbocycles. The summed E-state index contributed by atoms with van der Waals surface area (Å²) in [7, 11) is 0. The maximum atomic E-state index is 12.3. The molecule has 0 saturated carbocycles. The van der Waals surface area contributed by atoms with Crippen LogP contribution in [0.25, 0.3) is 0 Å². The molecule has 2 heterocycles. The van der Waals surface area contributed by atoms with Gasteiger partial charge in [-0.15, -0.1) is 0 Å². The fraction of sp³-hybridized carbons (Fsp3) is 0.688. The van der Waals surface area contributed by atoms with Crippen LogP contribution in [0, 0.1) is 0 Å². The zero-order valence-corrected chi connectivity index (χ0v) is 14.5. The number of nitrogens with zero attached hydrogens (tertiary/aromatic N) is 3. The number of hydrogen-bond acceptors (Lipinski definition) is 5. The van der Waals surface area contributed by atoms with Gasteiger partial charge in [0.1, 0.15) is 11.4 Å². The summed E-state index contributed by atoms with van der Waals surface area (Å²) in [4.78, 5) is 30.0. The summed E-state index contributed by atoms with van der Waals surface area (Å²) in [6.45, 7) is 10.8. The van der Waals surface area contributed by atoms with Crippen molar-refractivity contribution in [3.8, 4) is 0 Å². The third kappa shape index (κ3) is 4.24. The third-order valence-corrected chi connectivity index (χ3v) is 3.54. The van der Waals surface area contributed by atoms with E-state index in [1.54, 1.807) is 11.8 Å². The molecule has 1 amide bonds. The van der Waals surface area contributed by atoms with Gasteiger partial charge in [0.25, 0.3) is 0 Å². The Morgan fingerprint density at radius 1 is 1.35 bits per heavy atom. The second-order valence-corrected chi connectivity index (χ2v) is 6.62. The number of esters is 1. The van der Waals surface area contributed by atoms with E-state index >= 15 is 0 Å². The molecule has 23 heavy (non-hydrogen) atoms. The smallest absolute Gasteiger partial charge is 0.410 e. The van der Waals surface area contributed by atoms with E-state index in [4.69, 9.17) is 9.47 Å². The van der Waals surface area contributed by atoms with Gasteiger partial charge in [0, 0.05) is 19.3 Å². The molecule has 0 radical (unpaired) electrons. The van der Waals surface area contributed by atoms with Gasteiger partial charge in [0.15, 0.2) is 0 Å². The normalized spacial score (nSPS) is 17.6. The van der Waals surface area contributed by atoms with Crippen molar-refractivity contribution in [3.63, 3.8) is 0 Å². The van der Waals surface area contributed by atoms with Crippen LogP contribution in [0.5, 0.6) is 0 Å². The van der Waals surface area contributed by atoms with E-state index in [0.29, 0.717) is 25.4 Å². The van der Waals surface area contributed by atoms with Gasteiger partial charge in [0.05, 0.1) is 24.8 Å². The number of rotatable bonds is 3. The first-order valence-corrected chi connectivity index (χ1v) is 7.92. The lowest BCUT2D eigenvalue weighted by molar-refractivity contribution is -0.142. The van der Waals surface area contributed by atoms with Gasteiger partial charge in [0.2, 0.25) is 0 Å². The number of amides is 1. The van der Waals surface area contributed by atoms with Crippen LogP contribution in [0.15, 0.2) is 6.20 Å². The number of hydrogen-bond donors (Lipinski definition) is 0. The summed E-state index contributed by atoms with van der Waals surface area (Å²) >= 11 is 0. The first kappa shape index (κ1) is 17.3. The lowest BCUT2D eigenvalue weighted by atomic mass is 10.2. The summed E-state index contributed by atoms with van der Waals surface area (Å²) < 4.78 is 12.4. The van der Waals surface area contributed by atoms with Crippen LogP contribution in [0.2, 0.25) is 0 Å². The van der Waals surface area contributed by atoms with Crippen molar-refractivity contribution in [2.45, 2.75) is 59.2 Å². The number of ether oxygens (including phenoxy) is 2. The number of aromatic nitrogens is 2. The third-order valence-electron chi connectivity index (χ3n) is 3.54. The van der Waals surface area contributed by atoms with Crippen LogP contribution in [0.4, 0.5) is 4.79 Å². The first-order chi connectivity index (χ1) is 10.7. The zero-order chi connectivity index (χ0) is 17.2. The second-order valence-electron chi connectivity index (χ2n) is 6.62. The Balaban J connectivity index is 2.10. The van der Waals surface area contributed by atoms with Gasteiger partial charge in [-0.25, -0.2) is 9.78 Å². The maximum Gasteiger partial charge on any atom is 0.410 e. The Labute approximate surface area is 136 Å². The highest BCUT2D eigenvalue weighted by Crippen LogP contribution is 2.26. The molecule has 1 aromatic heterocycles. The quantitative estimate of drug-likeness (QED) is 0.798. The largest absolute Gasteiger partial charge is 0.466 e. The predicted molar refractivity (Wildman–Crippen MR) is 83.9 cm³/mol. The van der Waals surface area contributed by atoms with Crippen molar-refractivity contribution in [2.24, 2.45) is 0 Å². The molecule has 1 aliphatic heterocycles. The van der Waals surface area contributed by atoms with Crippen molar-refractivity contribution < 1.29 is 19.1 Å². The molecule has 7 heteroatoms. The van der Waals surface area contributed by atoms with E-state index in [0.717, 1.165) is 5.82 Å². The van der Waals surface area contributed by atoms with Gasteiger partial charge < -0.3 is 14.0 Å². The van der Waals surface area contributed by atoms with E-state index in [1.807, 2.05) is 38.5 Å². The summed E-state index contributed by atoms with van der Waals surface area (Å²) in [6, 6.07) is -0.199. The molecule has 128 valence electrons. The Hall–Kier alpha value is -2.05. The van der Waals surface area contributed by atoms with Crippen LogP contribution in [-0.4, -0.2) is 45.3 Å². The van der Waals surface area contributed by atoms with Crippen molar-refractivity contribution in [2.75, 3.05) is 13.2 Å². The summed E-state index contributed by atoms with van der Waals surface area (Å²) in [5.41, 5.74) is 0.134. The van der Waals surface area contributed by atoms with Gasteiger partial charge in [-0.2, -0.15) is 0 Å². The monoisotopic (exact) mass is 323 g/mol. The van der Waals surface area contributed by atoms with Crippen molar-refractivity contribution in [1.29, 1.82) is 0 Å². The van der Waals surface area contributed by atoms with Gasteiger partial charge in [-0.3, -0.25) is 9.69 Å². The van der Waals surface area contributed by atoms with Crippen molar-refractivity contribution in [1.82, 2.24) is 14.5 Å². The van der Waals surface area contributed by atoms with Crippen molar-refractivity contribution >= 4 is 12.1 Å². The minimum Gasteiger partial charge on any atom is -0.466 e. The van der Waals surface area contributed by atoms with Crippen molar-refractivity contribution in [3.05, 3.63) is 17.7 Å². The van der Waals surface area contributed by atoms with Crippen LogP contribution in [-0.2, 0) is 27.2 Å². The number of carbonyl (C=O) groups excluding carboxylic acids is 2. The SMILES string of the molecule is CCOC(=O)Cc1cn2c(n1)C(C)N(C(=O)OC(C)(C)C)CC2. The minimum absolute atomic E-state index is 0.146. The lowest BCUT2D eigenvalue weighted by Gasteiger charge is -2.35. The minimum atomic E-state index is -0.529. The highest BCUT2D eigenvalue weighted by atomic mass is 16.6. The highest BCUT2D eigenvalue weighted by Gasteiger charge is 2.32. The second kappa shape index (κ2) is 6.60. The zero-order valence-electron chi connectivity index (χ0n) is 14.5. The summed E-state index contributed by atoms with van der Waals surface area (Å²) in [6.07, 6.45) is 1.66. The Morgan fingerprint density at radius 3 is 2.65 bits per heavy atom. The summed E-state index contributed by atoms with van der Waals surface area (Å²) in [5, 5.41) is 0. The van der Waals surface area contributed by atoms with E-state index < -0.39 is 5.60 Å². The molecule has 1 atom stereocenters. The molecule has 7 nitrogen and oxygen atoms in total. The number of imidazole rings is 1. The van der Waals surface area contributed by atoms with Crippen LogP contribution in [0.3, 0.4) is 0 Å². The average Bonchev–Trinajstić information content (AvgIpc) is 2.80. The molecule has 0 spiro atoms. The molecular formula is C16H25N3O4. The number of carbonyl (C=O) groups is 2. The molecule has 0 bridgehead atoms. The summed E-state index contributed by atoms with van der Waals surface area (Å²) in [5.74, 6) is 0.473. The van der Waals surface area contributed by atoms with Gasteiger partial charge in [-0.1, -0.05) is 0 Å². The van der Waals surface area contributed by atoms with E-state index in [-0.39, 0.29) is 24.5 Å². The molecule has 1 unspecified atom stereocenters. The molecule has 2 rings (SSSR count). The fourth-order valence-corrected chi connectivity index (χ4v) is 2.56. The maximum absolute atomic E-state index is 12.3. The van der Waals surface area contributed by atoms with E-state index in [1.165, 1.54) is 0 Å². The fourth-order valence-electron chi connectivity index (χ4n) is 2.56. The molecule has 1 aliphatic rings. The Bertz CT molecular complexity index is 589. The lowest BCUT2D eigenvalue weighted by Crippen LogP contribution is -2.43. The molecular weight excluding hydrogens is 298 g/mol. The Morgan fingerprint density at radius 2 is 2.04 bits per heavy atom. The van der Waals surface area contributed by atoms with Crippen LogP contribution < -0.4 is 0 Å². The highest BCUT2D eigenvalue weighted by molar-refractivity contribution is 5.72. The average molecular weight is 323 g/mol. The molecule has 0 N–H and O–H groups in total. The molecule has 0 saturated heterocycles.